The van der Waals surface area contributed by atoms with Gasteiger partial charge in [-0.1, -0.05) is 37.8 Å². The Labute approximate surface area is 157 Å². The quantitative estimate of drug-likeness (QED) is 0.838. The van der Waals surface area contributed by atoms with Crippen LogP contribution in [0.5, 0.6) is 0 Å². The van der Waals surface area contributed by atoms with Gasteiger partial charge in [-0.3, -0.25) is 4.79 Å². The molecule has 2 aliphatic carbocycles. The summed E-state index contributed by atoms with van der Waals surface area (Å²) in [5, 5.41) is 5.44. The van der Waals surface area contributed by atoms with Crippen molar-refractivity contribution in [3.63, 3.8) is 0 Å². The van der Waals surface area contributed by atoms with E-state index in [1.165, 1.54) is 43.3 Å². The highest BCUT2D eigenvalue weighted by molar-refractivity contribution is 7.90. The van der Waals surface area contributed by atoms with Gasteiger partial charge in [0.05, 0.1) is 10.6 Å². The van der Waals surface area contributed by atoms with Gasteiger partial charge in [-0.25, -0.2) is 13.4 Å². The summed E-state index contributed by atoms with van der Waals surface area (Å²) in [6, 6.07) is 6.65. The van der Waals surface area contributed by atoms with Gasteiger partial charge in [0.1, 0.15) is 0 Å². The van der Waals surface area contributed by atoms with Crippen LogP contribution in [0.2, 0.25) is 0 Å². The van der Waals surface area contributed by atoms with Crippen LogP contribution >= 0.6 is 11.3 Å². The number of carbonyl (C=O) groups excluding carboxylic acids is 1. The van der Waals surface area contributed by atoms with Crippen molar-refractivity contribution in [2.24, 2.45) is 17.8 Å². The van der Waals surface area contributed by atoms with Gasteiger partial charge in [-0.05, 0) is 30.4 Å². The third-order valence-corrected chi connectivity index (χ3v) is 7.38. The van der Waals surface area contributed by atoms with Crippen molar-refractivity contribution < 1.29 is 13.2 Å². The summed E-state index contributed by atoms with van der Waals surface area (Å²) in [7, 11) is -3.20. The minimum atomic E-state index is -3.20. The molecule has 1 amide bonds. The maximum Gasteiger partial charge on any atom is 0.229 e. The van der Waals surface area contributed by atoms with E-state index < -0.39 is 9.84 Å². The first kappa shape index (κ1) is 17.7. The molecule has 0 radical (unpaired) electrons. The van der Waals surface area contributed by atoms with Crippen molar-refractivity contribution in [2.75, 3.05) is 11.6 Å². The van der Waals surface area contributed by atoms with E-state index in [0.29, 0.717) is 11.0 Å². The van der Waals surface area contributed by atoms with Crippen LogP contribution in [0.15, 0.2) is 34.5 Å². The van der Waals surface area contributed by atoms with Crippen molar-refractivity contribution >= 4 is 32.2 Å². The number of thiazole rings is 1. The number of aromatic nitrogens is 1. The molecule has 2 atom stereocenters. The van der Waals surface area contributed by atoms with E-state index in [1.54, 1.807) is 24.3 Å². The van der Waals surface area contributed by atoms with Crippen LogP contribution < -0.4 is 5.32 Å². The second-order valence-corrected chi connectivity index (χ2v) is 10.2. The maximum absolute atomic E-state index is 12.4. The number of sulfone groups is 1. The van der Waals surface area contributed by atoms with Crippen molar-refractivity contribution in [3.8, 4) is 11.3 Å². The summed E-state index contributed by atoms with van der Waals surface area (Å²) in [6.45, 7) is 0. The number of amides is 1. The van der Waals surface area contributed by atoms with Crippen LogP contribution in [0.3, 0.4) is 0 Å². The normalized spacial score (nSPS) is 23.1. The molecule has 1 aromatic heterocycles. The van der Waals surface area contributed by atoms with E-state index in [1.807, 2.05) is 5.38 Å². The summed E-state index contributed by atoms with van der Waals surface area (Å²) < 4.78 is 23.1. The number of benzene rings is 1. The van der Waals surface area contributed by atoms with Crippen molar-refractivity contribution in [1.82, 2.24) is 4.98 Å². The fourth-order valence-electron chi connectivity index (χ4n) is 3.96. The molecule has 2 saturated carbocycles. The monoisotopic (exact) mass is 390 g/mol. The van der Waals surface area contributed by atoms with Crippen LogP contribution in [-0.2, 0) is 14.6 Å². The van der Waals surface area contributed by atoms with Crippen LogP contribution in [0, 0.1) is 17.8 Å². The van der Waals surface area contributed by atoms with Crippen LogP contribution in [0.1, 0.15) is 32.1 Å². The zero-order valence-corrected chi connectivity index (χ0v) is 16.3. The molecule has 0 aliphatic heterocycles. The minimum Gasteiger partial charge on any atom is -0.302 e. The Bertz CT molecular complexity index is 913. The molecule has 1 heterocycles. The predicted octanol–water partition coefficient (Wildman–Crippen LogP) is 3.98. The molecule has 2 aliphatic rings. The molecule has 2 unspecified atom stereocenters. The summed E-state index contributed by atoms with van der Waals surface area (Å²) in [5.41, 5.74) is 1.58. The zero-order valence-electron chi connectivity index (χ0n) is 14.6. The molecule has 2 aromatic rings. The van der Waals surface area contributed by atoms with Gasteiger partial charge in [-0.15, -0.1) is 11.3 Å². The van der Waals surface area contributed by atoms with Crippen LogP contribution in [0.25, 0.3) is 11.3 Å². The smallest absolute Gasteiger partial charge is 0.229 e. The maximum atomic E-state index is 12.4. The predicted molar refractivity (Wildman–Crippen MR) is 103 cm³/mol. The number of carbonyl (C=O) groups is 1. The molecule has 7 heteroatoms. The molecule has 1 aromatic carbocycles. The lowest BCUT2D eigenvalue weighted by Crippen LogP contribution is -2.16. The second-order valence-electron chi connectivity index (χ2n) is 7.37. The molecule has 0 saturated heterocycles. The Morgan fingerprint density at radius 2 is 1.88 bits per heavy atom. The summed E-state index contributed by atoms with van der Waals surface area (Å²) in [5.74, 6) is 1.56. The minimum absolute atomic E-state index is 0.0928. The number of nitrogens with zero attached hydrogens (tertiary/aromatic N) is 1. The highest BCUT2D eigenvalue weighted by Crippen LogP contribution is 2.50. The Hall–Kier alpha value is -1.73. The number of anilines is 1. The number of rotatable bonds is 5. The molecular weight excluding hydrogens is 368 g/mol. The number of hydrogen-bond donors (Lipinski definition) is 1. The van der Waals surface area contributed by atoms with Crippen LogP contribution in [-0.4, -0.2) is 25.6 Å². The van der Waals surface area contributed by atoms with E-state index in [2.05, 4.69) is 10.3 Å². The molecule has 26 heavy (non-hydrogen) atoms. The van der Waals surface area contributed by atoms with Gasteiger partial charge in [0.15, 0.2) is 15.0 Å². The Morgan fingerprint density at radius 1 is 1.19 bits per heavy atom. The molecule has 0 bridgehead atoms. The molecule has 1 N–H and O–H groups in total. The standard InChI is InChI=1S/C19H22N2O3S2/c1-26(23,24)14-8-6-13(7-9-14)17-11-25-19(20-17)21-18(22)16-10-15(16)12-4-2-3-5-12/h6-9,11-12,15-16H,2-5,10H2,1H3,(H,20,21,22). The lowest BCUT2D eigenvalue weighted by molar-refractivity contribution is -0.117. The molecule has 0 spiro atoms. The fourth-order valence-corrected chi connectivity index (χ4v) is 5.31. The third kappa shape index (κ3) is 3.69. The van der Waals surface area contributed by atoms with Gasteiger partial charge >= 0.3 is 0 Å². The molecular formula is C19H22N2O3S2. The van der Waals surface area contributed by atoms with E-state index in [4.69, 9.17) is 0 Å². The van der Waals surface area contributed by atoms with E-state index in [-0.39, 0.29) is 16.7 Å². The first-order valence-electron chi connectivity index (χ1n) is 8.99. The van der Waals surface area contributed by atoms with Gasteiger partial charge in [0.2, 0.25) is 5.91 Å². The van der Waals surface area contributed by atoms with E-state index >= 15 is 0 Å². The molecule has 2 fully saturated rings. The SMILES string of the molecule is CS(=O)(=O)c1ccc(-c2csc(NC(=O)C3CC3C3CCCC3)n2)cc1. The largest absolute Gasteiger partial charge is 0.302 e. The summed E-state index contributed by atoms with van der Waals surface area (Å²) >= 11 is 1.40. The van der Waals surface area contributed by atoms with Crippen LogP contribution in [0.4, 0.5) is 5.13 Å². The third-order valence-electron chi connectivity index (χ3n) is 5.49. The van der Waals surface area contributed by atoms with E-state index in [0.717, 1.165) is 23.6 Å². The average Bonchev–Trinajstić information content (AvgIpc) is 3.02. The van der Waals surface area contributed by atoms with E-state index in [9.17, 15) is 13.2 Å². The van der Waals surface area contributed by atoms with Gasteiger partial charge in [0, 0.05) is 23.1 Å². The van der Waals surface area contributed by atoms with Gasteiger partial charge in [0.25, 0.3) is 0 Å². The topological polar surface area (TPSA) is 76.1 Å². The lowest BCUT2D eigenvalue weighted by Gasteiger charge is -2.07. The molecule has 5 nitrogen and oxygen atoms in total. The number of hydrogen-bond acceptors (Lipinski definition) is 5. The molecule has 138 valence electrons. The average molecular weight is 391 g/mol. The summed E-state index contributed by atoms with van der Waals surface area (Å²) in [4.78, 5) is 17.2. The number of nitrogens with one attached hydrogen (secondary N) is 1. The zero-order chi connectivity index (χ0) is 18.3. The Kier molecular flexibility index (Phi) is 4.61. The first-order valence-corrected chi connectivity index (χ1v) is 11.8. The van der Waals surface area contributed by atoms with Gasteiger partial charge < -0.3 is 5.32 Å². The highest BCUT2D eigenvalue weighted by atomic mass is 32.2. The van der Waals surface area contributed by atoms with Gasteiger partial charge in [-0.2, -0.15) is 0 Å². The van der Waals surface area contributed by atoms with Crippen molar-refractivity contribution in [1.29, 1.82) is 0 Å². The first-order chi connectivity index (χ1) is 12.4. The Balaban J connectivity index is 1.39. The fraction of sp³-hybridized carbons (Fsp3) is 0.474. The Morgan fingerprint density at radius 3 is 2.54 bits per heavy atom. The lowest BCUT2D eigenvalue weighted by atomic mass is 10.0. The second kappa shape index (κ2) is 6.78. The van der Waals surface area contributed by atoms with Crippen molar-refractivity contribution in [2.45, 2.75) is 37.0 Å². The van der Waals surface area contributed by atoms with Crippen molar-refractivity contribution in [3.05, 3.63) is 29.6 Å². The molecule has 4 rings (SSSR count). The summed E-state index contributed by atoms with van der Waals surface area (Å²) in [6.07, 6.45) is 7.38. The highest BCUT2D eigenvalue weighted by Gasteiger charge is 2.48.